The topological polar surface area (TPSA) is 127 Å². The second kappa shape index (κ2) is 8.57. The largest absolute Gasteiger partial charge is 0.508 e. The first-order valence-electron chi connectivity index (χ1n) is 9.48. The predicted octanol–water partition coefficient (Wildman–Crippen LogP) is 1.65. The van der Waals surface area contributed by atoms with E-state index in [0.29, 0.717) is 12.3 Å². The number of phenols is 1. The van der Waals surface area contributed by atoms with Crippen molar-refractivity contribution in [2.45, 2.75) is 6.54 Å². The Labute approximate surface area is 176 Å². The smallest absolute Gasteiger partial charge is 0.329 e. The van der Waals surface area contributed by atoms with E-state index < -0.39 is 11.2 Å². The normalized spacial score (nSPS) is 11.3. The standard InChI is InChI=1S/C21H20N6O4/c1-26-18-17(19(29)24-21(26)30)27(11-12-31-16-5-3-2-4-6-16)20(23-18)25-22-13-14-7-9-15(28)10-8-14/h2-10,13,28H,11-12H2,1H3,(H,23,25)(H,24,29,30)/b22-13+. The number of aromatic nitrogens is 4. The predicted molar refractivity (Wildman–Crippen MR) is 117 cm³/mol. The molecule has 0 aliphatic heterocycles. The second-order valence-electron chi connectivity index (χ2n) is 6.70. The summed E-state index contributed by atoms with van der Waals surface area (Å²) < 4.78 is 8.62. The third-order valence-corrected chi connectivity index (χ3v) is 4.61. The number of hydrogen-bond acceptors (Lipinski definition) is 7. The van der Waals surface area contributed by atoms with E-state index in [9.17, 15) is 14.7 Å². The minimum absolute atomic E-state index is 0.158. The van der Waals surface area contributed by atoms with Crippen LogP contribution in [0.2, 0.25) is 0 Å². The summed E-state index contributed by atoms with van der Waals surface area (Å²) in [6, 6.07) is 15.8. The molecular weight excluding hydrogens is 400 g/mol. The van der Waals surface area contributed by atoms with Crippen LogP contribution in [-0.4, -0.2) is 37.0 Å². The summed E-state index contributed by atoms with van der Waals surface area (Å²) in [5, 5.41) is 13.5. The van der Waals surface area contributed by atoms with Crippen molar-refractivity contribution in [2.24, 2.45) is 12.1 Å². The SMILES string of the molecule is Cn1c(=O)[nH]c(=O)c2c1nc(N/N=C/c1ccc(O)cc1)n2CCOc1ccccc1. The van der Waals surface area contributed by atoms with Gasteiger partial charge in [0.25, 0.3) is 5.56 Å². The average Bonchev–Trinajstić information content (AvgIpc) is 3.13. The van der Waals surface area contributed by atoms with E-state index in [4.69, 9.17) is 4.74 Å². The van der Waals surface area contributed by atoms with Crippen LogP contribution in [0.15, 0.2) is 69.3 Å². The lowest BCUT2D eigenvalue weighted by atomic mass is 10.2. The molecule has 10 heteroatoms. The highest BCUT2D eigenvalue weighted by atomic mass is 16.5. The monoisotopic (exact) mass is 420 g/mol. The molecule has 0 radical (unpaired) electrons. The molecule has 31 heavy (non-hydrogen) atoms. The van der Waals surface area contributed by atoms with Gasteiger partial charge in [-0.3, -0.25) is 18.9 Å². The molecule has 2 heterocycles. The van der Waals surface area contributed by atoms with Crippen LogP contribution in [0.25, 0.3) is 11.2 Å². The van der Waals surface area contributed by atoms with Crippen molar-refractivity contribution < 1.29 is 9.84 Å². The number of imidazole rings is 1. The van der Waals surface area contributed by atoms with Gasteiger partial charge in [0.05, 0.1) is 12.8 Å². The van der Waals surface area contributed by atoms with Crippen LogP contribution in [0.3, 0.4) is 0 Å². The molecule has 0 bridgehead atoms. The van der Waals surface area contributed by atoms with Gasteiger partial charge < -0.3 is 9.84 Å². The maximum atomic E-state index is 12.5. The van der Waals surface area contributed by atoms with E-state index in [-0.39, 0.29) is 29.5 Å². The first kappa shape index (κ1) is 20.0. The van der Waals surface area contributed by atoms with Crippen LogP contribution in [0, 0.1) is 0 Å². The number of benzene rings is 2. The summed E-state index contributed by atoms with van der Waals surface area (Å²) in [4.78, 5) is 31.1. The van der Waals surface area contributed by atoms with Crippen LogP contribution < -0.4 is 21.4 Å². The summed E-state index contributed by atoms with van der Waals surface area (Å²) in [6.07, 6.45) is 1.55. The molecular formula is C21H20N6O4. The molecule has 0 unspecified atom stereocenters. The Bertz CT molecular complexity index is 1340. The zero-order valence-electron chi connectivity index (χ0n) is 16.6. The fourth-order valence-electron chi connectivity index (χ4n) is 3.03. The van der Waals surface area contributed by atoms with Gasteiger partial charge in [-0.1, -0.05) is 18.2 Å². The molecule has 10 nitrogen and oxygen atoms in total. The van der Waals surface area contributed by atoms with Gasteiger partial charge in [0, 0.05) is 7.05 Å². The first-order valence-corrected chi connectivity index (χ1v) is 9.48. The van der Waals surface area contributed by atoms with Gasteiger partial charge in [0.1, 0.15) is 18.1 Å². The highest BCUT2D eigenvalue weighted by Crippen LogP contribution is 2.16. The number of nitrogens with zero attached hydrogens (tertiary/aromatic N) is 4. The number of ether oxygens (including phenoxy) is 1. The third kappa shape index (κ3) is 4.32. The maximum Gasteiger partial charge on any atom is 0.329 e. The molecule has 0 aliphatic carbocycles. The zero-order valence-corrected chi connectivity index (χ0v) is 16.6. The van der Waals surface area contributed by atoms with Crippen molar-refractivity contribution >= 4 is 23.3 Å². The van der Waals surface area contributed by atoms with E-state index in [0.717, 1.165) is 5.56 Å². The highest BCUT2D eigenvalue weighted by Gasteiger charge is 2.17. The number of hydrazone groups is 1. The number of phenolic OH excluding ortho intramolecular Hbond substituents is 1. The van der Waals surface area contributed by atoms with E-state index in [1.165, 1.54) is 11.6 Å². The Kier molecular flexibility index (Phi) is 5.52. The zero-order chi connectivity index (χ0) is 21.8. The van der Waals surface area contributed by atoms with Crippen molar-refractivity contribution in [3.05, 3.63) is 81.0 Å². The first-order chi connectivity index (χ1) is 15.0. The van der Waals surface area contributed by atoms with E-state index in [1.807, 2.05) is 30.3 Å². The number of aromatic hydroxyl groups is 1. The molecule has 0 atom stereocenters. The van der Waals surface area contributed by atoms with Gasteiger partial charge in [-0.2, -0.15) is 10.1 Å². The van der Waals surface area contributed by atoms with E-state index >= 15 is 0 Å². The molecule has 0 amide bonds. The average molecular weight is 420 g/mol. The molecule has 2 aromatic heterocycles. The minimum atomic E-state index is -0.554. The number of aromatic amines is 1. The van der Waals surface area contributed by atoms with Crippen LogP contribution in [0.1, 0.15) is 5.56 Å². The molecule has 158 valence electrons. The fourth-order valence-corrected chi connectivity index (χ4v) is 3.03. The van der Waals surface area contributed by atoms with Gasteiger partial charge in [0.2, 0.25) is 5.95 Å². The second-order valence-corrected chi connectivity index (χ2v) is 6.70. The molecule has 3 N–H and O–H groups in total. The molecule has 0 saturated carbocycles. The van der Waals surface area contributed by atoms with Crippen LogP contribution in [0.5, 0.6) is 11.5 Å². The quantitative estimate of drug-likeness (QED) is 0.308. The number of hydrogen-bond donors (Lipinski definition) is 3. The summed E-state index contributed by atoms with van der Waals surface area (Å²) in [5.74, 6) is 1.15. The number of H-pyrrole nitrogens is 1. The summed E-state index contributed by atoms with van der Waals surface area (Å²) in [6.45, 7) is 0.567. The molecule has 2 aromatic carbocycles. The van der Waals surface area contributed by atoms with Crippen molar-refractivity contribution in [3.8, 4) is 11.5 Å². The third-order valence-electron chi connectivity index (χ3n) is 4.61. The van der Waals surface area contributed by atoms with Gasteiger partial charge in [-0.25, -0.2) is 10.2 Å². The lowest BCUT2D eigenvalue weighted by Crippen LogP contribution is -2.29. The number of rotatable bonds is 7. The number of nitrogens with one attached hydrogen (secondary N) is 2. The van der Waals surface area contributed by atoms with Crippen molar-refractivity contribution in [3.63, 3.8) is 0 Å². The Morgan fingerprint density at radius 1 is 1.16 bits per heavy atom. The van der Waals surface area contributed by atoms with Gasteiger partial charge in [-0.05, 0) is 42.0 Å². The fraction of sp³-hybridized carbons (Fsp3) is 0.143. The van der Waals surface area contributed by atoms with Crippen molar-refractivity contribution in [2.75, 3.05) is 12.0 Å². The minimum Gasteiger partial charge on any atom is -0.508 e. The molecule has 0 fully saturated rings. The molecule has 0 saturated heterocycles. The van der Waals surface area contributed by atoms with Crippen molar-refractivity contribution in [1.29, 1.82) is 0 Å². The maximum absolute atomic E-state index is 12.5. The highest BCUT2D eigenvalue weighted by molar-refractivity contribution is 5.80. The number of fused-ring (bicyclic) bond motifs is 1. The Morgan fingerprint density at radius 3 is 2.65 bits per heavy atom. The van der Waals surface area contributed by atoms with E-state index in [2.05, 4.69) is 20.5 Å². The number of aryl methyl sites for hydroxylation is 1. The Morgan fingerprint density at radius 2 is 1.90 bits per heavy atom. The Balaban J connectivity index is 1.64. The van der Waals surface area contributed by atoms with Crippen LogP contribution >= 0.6 is 0 Å². The molecule has 0 aliphatic rings. The summed E-state index contributed by atoms with van der Waals surface area (Å²) in [7, 11) is 1.53. The molecule has 4 aromatic rings. The Hall–Kier alpha value is -4.34. The lowest BCUT2D eigenvalue weighted by molar-refractivity contribution is 0.301. The molecule has 0 spiro atoms. The van der Waals surface area contributed by atoms with E-state index in [1.54, 1.807) is 35.0 Å². The van der Waals surface area contributed by atoms with Gasteiger partial charge in [-0.15, -0.1) is 0 Å². The van der Waals surface area contributed by atoms with Gasteiger partial charge in [0.15, 0.2) is 11.2 Å². The summed E-state index contributed by atoms with van der Waals surface area (Å²) in [5.41, 5.74) is 2.95. The number of para-hydroxylation sites is 1. The van der Waals surface area contributed by atoms with Gasteiger partial charge >= 0.3 is 5.69 Å². The number of anilines is 1. The summed E-state index contributed by atoms with van der Waals surface area (Å²) >= 11 is 0. The van der Waals surface area contributed by atoms with Crippen LogP contribution in [0.4, 0.5) is 5.95 Å². The lowest BCUT2D eigenvalue weighted by Gasteiger charge is -2.10. The van der Waals surface area contributed by atoms with Crippen molar-refractivity contribution in [1.82, 2.24) is 19.1 Å². The molecule has 4 rings (SSSR count). The van der Waals surface area contributed by atoms with Crippen LogP contribution in [-0.2, 0) is 13.6 Å².